The maximum absolute atomic E-state index is 10.9. The fourth-order valence-corrected chi connectivity index (χ4v) is 2.76. The second-order valence-corrected chi connectivity index (χ2v) is 6.85. The molecule has 0 amide bonds. The molecule has 0 unspecified atom stereocenters. The summed E-state index contributed by atoms with van der Waals surface area (Å²) in [7, 11) is 0. The van der Waals surface area contributed by atoms with Gasteiger partial charge in [0.2, 0.25) is 11.8 Å². The maximum Gasteiger partial charge on any atom is 0.271 e. The van der Waals surface area contributed by atoms with Gasteiger partial charge in [-0.05, 0) is 37.6 Å². The van der Waals surface area contributed by atoms with Gasteiger partial charge in [0.15, 0.2) is 0 Å². The van der Waals surface area contributed by atoms with Gasteiger partial charge in [-0.25, -0.2) is 4.98 Å². The van der Waals surface area contributed by atoms with Crippen LogP contribution in [0.3, 0.4) is 0 Å². The summed E-state index contributed by atoms with van der Waals surface area (Å²) in [6, 6.07) is 13.3. The topological polar surface area (TPSA) is 102 Å². The van der Waals surface area contributed by atoms with E-state index in [2.05, 4.69) is 52.8 Å². The number of hydrogen-bond acceptors (Lipinski definition) is 7. The smallest absolute Gasteiger partial charge is 0.271 e. The molecule has 3 rings (SSSR count). The van der Waals surface area contributed by atoms with Crippen molar-refractivity contribution in [2.24, 2.45) is 0 Å². The zero-order valence-corrected chi connectivity index (χ0v) is 21.4. The summed E-state index contributed by atoms with van der Waals surface area (Å²) >= 11 is 0. The highest BCUT2D eigenvalue weighted by atomic mass is 16.6. The normalized spacial score (nSPS) is 9.67. The molecule has 8 nitrogen and oxygen atoms in total. The van der Waals surface area contributed by atoms with Crippen LogP contribution in [0.15, 0.2) is 86.1 Å². The van der Waals surface area contributed by atoms with E-state index in [-0.39, 0.29) is 11.6 Å². The van der Waals surface area contributed by atoms with Gasteiger partial charge in [-0.1, -0.05) is 57.7 Å². The molecule has 190 valence electrons. The third kappa shape index (κ3) is 10.2. The van der Waals surface area contributed by atoms with E-state index in [1.165, 1.54) is 18.3 Å². The Balaban J connectivity index is 0.000000826. The van der Waals surface area contributed by atoms with Crippen LogP contribution in [0, 0.1) is 10.1 Å². The number of nitrogens with zero attached hydrogens (tertiary/aromatic N) is 3. The van der Waals surface area contributed by atoms with Crippen LogP contribution in [0.25, 0.3) is 6.08 Å². The molecule has 1 aromatic heterocycles. The number of allylic oxidation sites excluding steroid dienone is 2. The first-order chi connectivity index (χ1) is 17.5. The predicted octanol–water partition coefficient (Wildman–Crippen LogP) is 8.16. The highest BCUT2D eigenvalue weighted by Gasteiger charge is 2.08. The number of aromatic nitrogens is 2. The summed E-state index contributed by atoms with van der Waals surface area (Å²) in [5.74, 6) is 1.18. The number of anilines is 3. The van der Waals surface area contributed by atoms with Crippen molar-refractivity contribution in [2.75, 3.05) is 17.2 Å². The van der Waals surface area contributed by atoms with Gasteiger partial charge in [0.1, 0.15) is 5.75 Å². The molecule has 0 saturated heterocycles. The van der Waals surface area contributed by atoms with Gasteiger partial charge in [-0.15, -0.1) is 6.58 Å². The molecule has 2 N–H and O–H groups in total. The fraction of sp³-hybridized carbons (Fsp3) is 0.214. The maximum atomic E-state index is 10.9. The number of non-ortho nitro benzene ring substituents is 1. The van der Waals surface area contributed by atoms with Gasteiger partial charge in [0.25, 0.3) is 5.69 Å². The van der Waals surface area contributed by atoms with E-state index < -0.39 is 4.92 Å². The van der Waals surface area contributed by atoms with E-state index in [0.717, 1.165) is 17.7 Å². The fourth-order valence-electron chi connectivity index (χ4n) is 2.76. The van der Waals surface area contributed by atoms with Crippen LogP contribution in [0.1, 0.15) is 39.7 Å². The highest BCUT2D eigenvalue weighted by molar-refractivity contribution is 5.67. The van der Waals surface area contributed by atoms with Crippen LogP contribution >= 0.6 is 0 Å². The summed E-state index contributed by atoms with van der Waals surface area (Å²) in [6.45, 7) is 16.3. The monoisotopic (exact) mass is 489 g/mol. The molecule has 0 aliphatic heterocycles. The third-order valence-electron chi connectivity index (χ3n) is 4.32. The van der Waals surface area contributed by atoms with Crippen molar-refractivity contribution in [1.82, 2.24) is 9.97 Å². The van der Waals surface area contributed by atoms with Crippen LogP contribution in [0.2, 0.25) is 0 Å². The minimum atomic E-state index is -0.462. The van der Waals surface area contributed by atoms with Gasteiger partial charge in [-0.2, -0.15) is 4.98 Å². The van der Waals surface area contributed by atoms with Crippen LogP contribution in [0.5, 0.6) is 11.6 Å². The lowest BCUT2D eigenvalue weighted by Gasteiger charge is -2.11. The summed E-state index contributed by atoms with van der Waals surface area (Å²) in [5, 5.41) is 17.1. The average Bonchev–Trinajstić information content (AvgIpc) is 2.90. The Kier molecular flexibility index (Phi) is 14.0. The molecule has 0 radical (unpaired) electrons. The number of nitro benzene ring substituents is 1. The largest absolute Gasteiger partial charge is 0.439 e. The number of rotatable bonds is 10. The van der Waals surface area contributed by atoms with Gasteiger partial charge in [0.05, 0.1) is 4.92 Å². The van der Waals surface area contributed by atoms with Gasteiger partial charge in [0, 0.05) is 47.9 Å². The third-order valence-corrected chi connectivity index (χ3v) is 4.32. The lowest BCUT2D eigenvalue weighted by molar-refractivity contribution is -0.384. The molecule has 36 heavy (non-hydrogen) atoms. The molecular formula is C28H35N5O3. The summed E-state index contributed by atoms with van der Waals surface area (Å²) < 4.78 is 5.83. The summed E-state index contributed by atoms with van der Waals surface area (Å²) in [6.07, 6.45) is 10.4. The Morgan fingerprint density at radius 2 is 1.92 bits per heavy atom. The predicted molar refractivity (Wildman–Crippen MR) is 150 cm³/mol. The van der Waals surface area contributed by atoms with Crippen molar-refractivity contribution in [3.8, 4) is 11.6 Å². The van der Waals surface area contributed by atoms with Crippen LogP contribution < -0.4 is 15.4 Å². The first-order valence-electron chi connectivity index (χ1n) is 11.8. The van der Waals surface area contributed by atoms with Gasteiger partial charge in [-0.3, -0.25) is 10.1 Å². The highest BCUT2D eigenvalue weighted by Crippen LogP contribution is 2.27. The molecule has 0 bridgehead atoms. The Labute approximate surface area is 213 Å². The van der Waals surface area contributed by atoms with Crippen molar-refractivity contribution in [2.45, 2.75) is 34.1 Å². The Morgan fingerprint density at radius 1 is 1.14 bits per heavy atom. The zero-order chi connectivity index (χ0) is 26.8. The molecule has 0 spiro atoms. The SMILES string of the molecule is C/C=C\CC.C=CCNc1ccc(Oc2ccnc(Nc3cccc([N+](=O)[O-])c3)n2)cc1C=C.CC. The molecular weight excluding hydrogens is 454 g/mol. The van der Waals surface area contributed by atoms with Crippen molar-refractivity contribution in [3.05, 3.63) is 102 Å². The molecule has 0 atom stereocenters. The average molecular weight is 490 g/mol. The standard InChI is InChI=1S/C21H19N5O3.C5H10.C2H6/c1-3-11-22-19-9-8-18(13-15(19)4-2)29-20-10-12-23-21(25-20)24-16-6-5-7-17(14-16)26(27)28;1-3-5-4-2;1-2/h3-10,12-14,22H,1-2,11H2,(H,23,24,25);3,5H,4H2,1-2H3;1-2H3/b;5-3-;. The van der Waals surface area contributed by atoms with E-state index in [4.69, 9.17) is 4.74 Å². The van der Waals surface area contributed by atoms with E-state index in [9.17, 15) is 10.1 Å². The minimum Gasteiger partial charge on any atom is -0.439 e. The van der Waals surface area contributed by atoms with E-state index in [1.807, 2.05) is 39.0 Å². The van der Waals surface area contributed by atoms with Gasteiger partial charge >= 0.3 is 0 Å². The van der Waals surface area contributed by atoms with Crippen molar-refractivity contribution >= 4 is 29.1 Å². The molecule has 8 heteroatoms. The Hall–Kier alpha value is -4.46. The number of ether oxygens (including phenoxy) is 1. The van der Waals surface area contributed by atoms with Crippen LogP contribution in [-0.2, 0) is 0 Å². The number of hydrogen-bond donors (Lipinski definition) is 2. The quantitative estimate of drug-likeness (QED) is 0.168. The molecule has 3 aromatic rings. The van der Waals surface area contributed by atoms with Crippen LogP contribution in [0.4, 0.5) is 23.0 Å². The number of benzene rings is 2. The van der Waals surface area contributed by atoms with Gasteiger partial charge < -0.3 is 15.4 Å². The Morgan fingerprint density at radius 3 is 2.53 bits per heavy atom. The van der Waals surface area contributed by atoms with E-state index >= 15 is 0 Å². The molecule has 1 heterocycles. The first-order valence-corrected chi connectivity index (χ1v) is 11.8. The number of nitro groups is 1. The minimum absolute atomic E-state index is 0.0236. The molecule has 0 saturated carbocycles. The second-order valence-electron chi connectivity index (χ2n) is 6.85. The van der Waals surface area contributed by atoms with Crippen molar-refractivity contribution < 1.29 is 9.66 Å². The summed E-state index contributed by atoms with van der Waals surface area (Å²) in [4.78, 5) is 18.9. The van der Waals surface area contributed by atoms with Crippen LogP contribution in [-0.4, -0.2) is 21.4 Å². The van der Waals surface area contributed by atoms with E-state index in [1.54, 1.807) is 30.4 Å². The van der Waals surface area contributed by atoms with Crippen molar-refractivity contribution in [3.63, 3.8) is 0 Å². The lowest BCUT2D eigenvalue weighted by Crippen LogP contribution is -2.01. The Bertz CT molecular complexity index is 1150. The first kappa shape index (κ1) is 29.6. The zero-order valence-electron chi connectivity index (χ0n) is 21.4. The summed E-state index contributed by atoms with van der Waals surface area (Å²) in [5.41, 5.74) is 2.28. The lowest BCUT2D eigenvalue weighted by atomic mass is 10.1. The molecule has 0 aliphatic rings. The molecule has 0 fully saturated rings. The van der Waals surface area contributed by atoms with E-state index in [0.29, 0.717) is 23.9 Å². The molecule has 0 aliphatic carbocycles. The molecule has 2 aromatic carbocycles. The van der Waals surface area contributed by atoms with Crippen molar-refractivity contribution in [1.29, 1.82) is 0 Å². The number of nitrogens with one attached hydrogen (secondary N) is 2. The second kappa shape index (κ2) is 17.0.